The number of nitrogens with zero attached hydrogens (tertiary/aromatic N) is 4. The number of esters is 2. The second-order valence-corrected chi connectivity index (χ2v) is 11.6. The molecule has 0 radical (unpaired) electrons. The quantitative estimate of drug-likeness (QED) is 0.170. The largest absolute Gasteiger partial charge is 0.465 e. The van der Waals surface area contributed by atoms with Crippen molar-refractivity contribution in [1.82, 2.24) is 19.7 Å². The summed E-state index contributed by atoms with van der Waals surface area (Å²) in [4.78, 5) is 32.1. The molecule has 41 heavy (non-hydrogen) atoms. The Labute approximate surface area is 245 Å². The van der Waals surface area contributed by atoms with E-state index in [-0.39, 0.29) is 11.1 Å². The fourth-order valence-corrected chi connectivity index (χ4v) is 5.05. The number of halogens is 1. The highest BCUT2D eigenvalue weighted by Gasteiger charge is 2.27. The Hall–Kier alpha value is -3.78. The molecule has 6 rings (SSSR count). The van der Waals surface area contributed by atoms with Crippen molar-refractivity contribution in [2.45, 2.75) is 64.3 Å². The zero-order valence-corrected chi connectivity index (χ0v) is 24.6. The second-order valence-electron chi connectivity index (χ2n) is 11.2. The third-order valence-electron chi connectivity index (χ3n) is 7.38. The van der Waals surface area contributed by atoms with Crippen molar-refractivity contribution in [3.05, 3.63) is 87.6 Å². The summed E-state index contributed by atoms with van der Waals surface area (Å²) in [6.45, 7) is 5.28. The van der Waals surface area contributed by atoms with Crippen molar-refractivity contribution in [3.63, 3.8) is 0 Å². The van der Waals surface area contributed by atoms with Gasteiger partial charge in [0.05, 0.1) is 42.8 Å². The molecule has 0 atom stereocenters. The van der Waals surface area contributed by atoms with E-state index in [2.05, 4.69) is 51.9 Å². The van der Waals surface area contributed by atoms with Crippen LogP contribution in [0, 0.1) is 5.92 Å². The lowest BCUT2D eigenvalue weighted by molar-refractivity contribution is 0.0590. The van der Waals surface area contributed by atoms with Crippen LogP contribution in [0.15, 0.2) is 48.9 Å². The smallest absolute Gasteiger partial charge is 0.341 e. The number of ether oxygens (including phenoxy) is 2. The lowest BCUT2D eigenvalue weighted by Gasteiger charge is -2.10. The topological polar surface area (TPSA) is 96.2 Å². The molecule has 4 aromatic rings. The highest BCUT2D eigenvalue weighted by Crippen LogP contribution is 2.41. The van der Waals surface area contributed by atoms with Gasteiger partial charge >= 0.3 is 11.9 Å². The molecule has 3 aromatic heterocycles. The molecule has 2 saturated carbocycles. The number of rotatable bonds is 8. The minimum Gasteiger partial charge on any atom is -0.465 e. The maximum atomic E-state index is 12.3. The summed E-state index contributed by atoms with van der Waals surface area (Å²) in [5.41, 5.74) is 6.18. The van der Waals surface area contributed by atoms with Gasteiger partial charge in [-0.3, -0.25) is 9.67 Å². The molecule has 2 aliphatic rings. The highest BCUT2D eigenvalue weighted by molar-refractivity contribution is 6.32. The maximum Gasteiger partial charge on any atom is 0.341 e. The number of pyridine rings is 2. The molecule has 3 heterocycles. The van der Waals surface area contributed by atoms with Gasteiger partial charge in [-0.1, -0.05) is 31.5 Å². The molecule has 0 amide bonds. The zero-order valence-electron chi connectivity index (χ0n) is 23.9. The van der Waals surface area contributed by atoms with Gasteiger partial charge in [-0.15, -0.1) is 0 Å². The Morgan fingerprint density at radius 1 is 0.902 bits per heavy atom. The third kappa shape index (κ3) is 6.93. The van der Waals surface area contributed by atoms with E-state index in [1.165, 1.54) is 39.9 Å². The molecule has 0 saturated heterocycles. The van der Waals surface area contributed by atoms with Crippen LogP contribution >= 0.6 is 11.6 Å². The van der Waals surface area contributed by atoms with Gasteiger partial charge in [0.25, 0.3) is 0 Å². The average Bonchev–Trinajstić information content (AvgIpc) is 3.91. The van der Waals surface area contributed by atoms with Gasteiger partial charge in [0.1, 0.15) is 5.15 Å². The first-order valence-corrected chi connectivity index (χ1v) is 14.4. The number of benzene rings is 1. The van der Waals surface area contributed by atoms with Crippen molar-refractivity contribution < 1.29 is 19.1 Å². The number of methoxy groups -OCH3 is 2. The number of hydrogen-bond donors (Lipinski definition) is 0. The van der Waals surface area contributed by atoms with E-state index < -0.39 is 5.97 Å². The van der Waals surface area contributed by atoms with E-state index in [4.69, 9.17) is 16.3 Å². The number of fused-ring (bicyclic) bond motifs is 1. The zero-order chi connectivity index (χ0) is 29.1. The summed E-state index contributed by atoms with van der Waals surface area (Å²) >= 11 is 5.78. The van der Waals surface area contributed by atoms with Gasteiger partial charge in [-0.2, -0.15) is 5.10 Å². The van der Waals surface area contributed by atoms with Crippen LogP contribution in [-0.2, 0) is 22.4 Å². The van der Waals surface area contributed by atoms with E-state index in [1.807, 2.05) is 23.1 Å². The summed E-state index contributed by atoms with van der Waals surface area (Å²) in [5, 5.41) is 5.83. The predicted molar refractivity (Wildman–Crippen MR) is 157 cm³/mol. The Balaban J connectivity index is 0.000000202. The molecule has 0 bridgehead atoms. The van der Waals surface area contributed by atoms with Crippen LogP contribution < -0.4 is 0 Å². The second kappa shape index (κ2) is 12.4. The lowest BCUT2D eigenvalue weighted by atomic mass is 10.0. The van der Waals surface area contributed by atoms with E-state index >= 15 is 0 Å². The normalized spacial score (nSPS) is 14.5. The SMILES string of the molecule is COC(=O)c1cc(C2CC2)cnc1Cc1ccc2c(cnn2CC(C)C)c1.COC(=O)c1cc(C2CC2)cnc1Cl. The maximum absolute atomic E-state index is 12.3. The molecule has 8 nitrogen and oxygen atoms in total. The molecule has 0 aliphatic heterocycles. The third-order valence-corrected chi connectivity index (χ3v) is 7.68. The van der Waals surface area contributed by atoms with Gasteiger partial charge in [-0.25, -0.2) is 14.6 Å². The summed E-state index contributed by atoms with van der Waals surface area (Å²) in [6, 6.07) is 10.1. The van der Waals surface area contributed by atoms with Crippen molar-refractivity contribution in [3.8, 4) is 0 Å². The predicted octanol–water partition coefficient (Wildman–Crippen LogP) is 6.74. The van der Waals surface area contributed by atoms with E-state index in [1.54, 1.807) is 12.3 Å². The number of hydrogen-bond acceptors (Lipinski definition) is 7. The van der Waals surface area contributed by atoms with Gasteiger partial charge in [0, 0.05) is 30.7 Å². The van der Waals surface area contributed by atoms with E-state index in [0.29, 0.717) is 35.3 Å². The van der Waals surface area contributed by atoms with Crippen LogP contribution in [0.3, 0.4) is 0 Å². The summed E-state index contributed by atoms with van der Waals surface area (Å²) in [5.74, 6) is 0.918. The molecule has 2 fully saturated rings. The molecular weight excluding hydrogens is 540 g/mol. The minimum absolute atomic E-state index is 0.209. The Kier molecular flexibility index (Phi) is 8.68. The monoisotopic (exact) mass is 574 g/mol. The molecule has 0 unspecified atom stereocenters. The molecule has 0 spiro atoms. The molecule has 2 aliphatic carbocycles. The van der Waals surface area contributed by atoms with Crippen LogP contribution in [0.1, 0.15) is 94.5 Å². The fraction of sp³-hybridized carbons (Fsp3) is 0.406. The Morgan fingerprint density at radius 2 is 1.51 bits per heavy atom. The van der Waals surface area contributed by atoms with Crippen LogP contribution in [0.5, 0.6) is 0 Å². The van der Waals surface area contributed by atoms with Crippen molar-refractivity contribution in [2.75, 3.05) is 14.2 Å². The molecular formula is C32H35ClN4O4. The standard InChI is InChI=1S/C22H25N3O2.C10H10ClNO2/c1-14(2)13-25-21-7-4-15(8-18(21)12-24-25)9-20-19(22(26)27-3)10-17(11-23-20)16-5-6-16;1-14-10(13)8-4-7(6-2-3-6)5-12-9(8)11/h4,7-8,10-12,14,16H,5-6,9,13H2,1-3H3;4-6H,2-3H2,1H3. The molecule has 9 heteroatoms. The highest BCUT2D eigenvalue weighted by atomic mass is 35.5. The van der Waals surface area contributed by atoms with Crippen molar-refractivity contribution >= 4 is 34.4 Å². The van der Waals surface area contributed by atoms with E-state index in [0.717, 1.165) is 39.8 Å². The first-order valence-electron chi connectivity index (χ1n) is 14.0. The molecule has 214 valence electrons. The molecule has 1 aromatic carbocycles. The van der Waals surface area contributed by atoms with Crippen molar-refractivity contribution in [1.29, 1.82) is 0 Å². The van der Waals surface area contributed by atoms with Crippen molar-refractivity contribution in [2.24, 2.45) is 5.92 Å². The van der Waals surface area contributed by atoms with Crippen LogP contribution in [-0.4, -0.2) is 45.9 Å². The van der Waals surface area contributed by atoms with Gasteiger partial charge < -0.3 is 9.47 Å². The van der Waals surface area contributed by atoms with Crippen LogP contribution in [0.25, 0.3) is 10.9 Å². The van der Waals surface area contributed by atoms with Gasteiger partial charge in [0.15, 0.2) is 0 Å². The first kappa shape index (κ1) is 28.7. The van der Waals surface area contributed by atoms with Crippen LogP contribution in [0.2, 0.25) is 5.15 Å². The lowest BCUT2D eigenvalue weighted by Crippen LogP contribution is -2.09. The Bertz CT molecular complexity index is 1570. The van der Waals surface area contributed by atoms with E-state index in [9.17, 15) is 9.59 Å². The summed E-state index contributed by atoms with van der Waals surface area (Å²) < 4.78 is 11.6. The average molecular weight is 575 g/mol. The van der Waals surface area contributed by atoms with Gasteiger partial charge in [-0.05, 0) is 84.4 Å². The van der Waals surface area contributed by atoms with Crippen LogP contribution in [0.4, 0.5) is 0 Å². The Morgan fingerprint density at radius 3 is 2.12 bits per heavy atom. The minimum atomic E-state index is -0.426. The summed E-state index contributed by atoms with van der Waals surface area (Å²) in [7, 11) is 2.76. The summed E-state index contributed by atoms with van der Waals surface area (Å²) in [6.07, 6.45) is 10.9. The number of aromatic nitrogens is 4. The first-order chi connectivity index (χ1) is 19.8. The fourth-order valence-electron chi connectivity index (χ4n) is 4.87. The number of carbonyl (C=O) groups excluding carboxylic acids is 2. The van der Waals surface area contributed by atoms with Gasteiger partial charge in [0.2, 0.25) is 0 Å². The number of carbonyl (C=O) groups is 2. The molecule has 0 N–H and O–H groups in total.